The summed E-state index contributed by atoms with van der Waals surface area (Å²) in [7, 11) is 8.66. The average Bonchev–Trinajstić information content (AvgIpc) is 3.28. The highest BCUT2D eigenvalue weighted by molar-refractivity contribution is 7.14. The molecule has 1 heterocycles. The highest BCUT2D eigenvalue weighted by Crippen LogP contribution is 2.28. The molecule has 0 aliphatic carbocycles. The quantitative estimate of drug-likeness (QED) is 0.404. The fraction of sp³-hybridized carbons (Fsp3) is 0.318. The van der Waals surface area contributed by atoms with Crippen molar-refractivity contribution in [3.05, 3.63) is 47.0 Å². The minimum atomic E-state index is -1.26. The Bertz CT molecular complexity index is 1050. The molecule has 0 fully saturated rings. The summed E-state index contributed by atoms with van der Waals surface area (Å²) in [5.74, 6) is -2.04. The number of nitrogens with zero attached hydrogens (tertiary/aromatic N) is 3. The third-order valence-corrected chi connectivity index (χ3v) is 4.95. The fourth-order valence-corrected chi connectivity index (χ4v) is 3.05. The molecule has 0 aliphatic rings. The number of carbonyl (C=O) groups excluding carboxylic acids is 2. The van der Waals surface area contributed by atoms with Gasteiger partial charge in [-0.05, 0) is 32.3 Å². The van der Waals surface area contributed by atoms with Crippen molar-refractivity contribution in [1.29, 1.82) is 0 Å². The number of amides is 2. The van der Waals surface area contributed by atoms with Gasteiger partial charge in [0.25, 0.3) is 11.8 Å². The first kappa shape index (κ1) is 29.1. The normalized spacial score (nSPS) is 10.3. The Labute approximate surface area is 206 Å². The second kappa shape index (κ2) is 14.3. The van der Waals surface area contributed by atoms with Crippen LogP contribution in [-0.2, 0) is 9.59 Å². The summed E-state index contributed by atoms with van der Waals surface area (Å²) >= 11 is 1.20. The number of methoxy groups -OCH3 is 2. The number of carboxylic acids is 2. The van der Waals surface area contributed by atoms with E-state index in [1.54, 1.807) is 35.5 Å². The summed E-state index contributed by atoms with van der Waals surface area (Å²) in [6, 6.07) is 4.87. The first-order valence-corrected chi connectivity index (χ1v) is 10.9. The van der Waals surface area contributed by atoms with Crippen molar-refractivity contribution in [2.24, 2.45) is 0 Å². The number of nitrogens with one attached hydrogen (secondary N) is 1. The number of benzene rings is 1. The number of carboxylic acid groups (broad SMARTS) is 2. The number of aliphatic carboxylic acids is 2. The van der Waals surface area contributed by atoms with Crippen LogP contribution in [0.25, 0.3) is 0 Å². The molecule has 0 saturated heterocycles. The number of carbonyl (C=O) groups is 4. The van der Waals surface area contributed by atoms with E-state index in [1.807, 2.05) is 19.0 Å². The van der Waals surface area contributed by atoms with Gasteiger partial charge in [-0.1, -0.05) is 0 Å². The number of aromatic nitrogens is 1. The highest BCUT2D eigenvalue weighted by Gasteiger charge is 2.17. The van der Waals surface area contributed by atoms with E-state index in [0.717, 1.165) is 6.54 Å². The zero-order valence-corrected chi connectivity index (χ0v) is 20.8. The Morgan fingerprint density at radius 1 is 1.00 bits per heavy atom. The predicted molar refractivity (Wildman–Crippen MR) is 130 cm³/mol. The minimum Gasteiger partial charge on any atom is -0.493 e. The molecule has 190 valence electrons. The molecule has 0 bridgehead atoms. The molecule has 0 radical (unpaired) electrons. The van der Waals surface area contributed by atoms with E-state index in [1.165, 1.54) is 25.6 Å². The molecular formula is C22H28N4O8S. The van der Waals surface area contributed by atoms with Gasteiger partial charge in [0.1, 0.15) is 5.69 Å². The van der Waals surface area contributed by atoms with Crippen LogP contribution in [0.15, 0.2) is 35.7 Å². The van der Waals surface area contributed by atoms with Crippen LogP contribution in [-0.4, -0.2) is 97.2 Å². The fourth-order valence-electron chi connectivity index (χ4n) is 2.37. The van der Waals surface area contributed by atoms with Gasteiger partial charge in [-0.15, -0.1) is 11.3 Å². The van der Waals surface area contributed by atoms with E-state index in [4.69, 9.17) is 19.7 Å². The Kier molecular flexibility index (Phi) is 11.9. The number of likely N-dealkylation sites (N-methyl/N-ethyl adjacent to an activating group) is 2. The van der Waals surface area contributed by atoms with Crippen molar-refractivity contribution in [2.45, 2.75) is 0 Å². The van der Waals surface area contributed by atoms with Crippen molar-refractivity contribution >= 4 is 40.2 Å². The Hall–Kier alpha value is -3.97. The van der Waals surface area contributed by atoms with Gasteiger partial charge in [0.15, 0.2) is 16.6 Å². The molecule has 35 heavy (non-hydrogen) atoms. The van der Waals surface area contributed by atoms with Crippen LogP contribution in [0.4, 0.5) is 5.13 Å². The smallest absolute Gasteiger partial charge is 0.328 e. The molecule has 2 rings (SSSR count). The van der Waals surface area contributed by atoms with Gasteiger partial charge in [-0.25, -0.2) is 14.6 Å². The molecule has 3 N–H and O–H groups in total. The molecule has 2 amide bonds. The van der Waals surface area contributed by atoms with E-state index in [9.17, 15) is 19.2 Å². The van der Waals surface area contributed by atoms with Gasteiger partial charge < -0.3 is 29.5 Å². The van der Waals surface area contributed by atoms with E-state index < -0.39 is 11.9 Å². The summed E-state index contributed by atoms with van der Waals surface area (Å²) in [4.78, 5) is 51.8. The van der Waals surface area contributed by atoms with E-state index in [0.29, 0.717) is 46.6 Å². The Balaban J connectivity index is 0.000000658. The molecule has 0 atom stereocenters. The van der Waals surface area contributed by atoms with Gasteiger partial charge in [-0.2, -0.15) is 0 Å². The van der Waals surface area contributed by atoms with Gasteiger partial charge >= 0.3 is 11.9 Å². The number of anilines is 1. The van der Waals surface area contributed by atoms with E-state index in [2.05, 4.69) is 10.3 Å². The zero-order chi connectivity index (χ0) is 26.5. The second-order valence-corrected chi connectivity index (χ2v) is 7.96. The van der Waals surface area contributed by atoms with Gasteiger partial charge in [0, 0.05) is 43.2 Å². The van der Waals surface area contributed by atoms with Gasteiger partial charge in [0.2, 0.25) is 0 Å². The minimum absolute atomic E-state index is 0.181. The number of thiazole rings is 1. The molecule has 12 nitrogen and oxygen atoms in total. The van der Waals surface area contributed by atoms with E-state index >= 15 is 0 Å². The van der Waals surface area contributed by atoms with Crippen molar-refractivity contribution in [1.82, 2.24) is 14.8 Å². The first-order valence-electron chi connectivity index (χ1n) is 10.0. The summed E-state index contributed by atoms with van der Waals surface area (Å²) in [5.41, 5.74) is 0.711. The SMILES string of the molecule is COc1ccc(C(=O)Nc2nc(C(=O)N(C)CCN(C)C)cs2)cc1OC.O=C(O)C=CC(=O)O. The molecule has 1 aromatic carbocycles. The maximum Gasteiger partial charge on any atom is 0.328 e. The summed E-state index contributed by atoms with van der Waals surface area (Å²) < 4.78 is 10.4. The third-order valence-electron chi connectivity index (χ3n) is 4.19. The molecule has 0 unspecified atom stereocenters. The molecule has 0 spiro atoms. The van der Waals surface area contributed by atoms with Crippen LogP contribution in [0, 0.1) is 0 Å². The van der Waals surface area contributed by atoms with Gasteiger partial charge in [-0.3, -0.25) is 14.9 Å². The molecule has 0 aliphatic heterocycles. The zero-order valence-electron chi connectivity index (χ0n) is 20.0. The molecule has 2 aromatic rings. The summed E-state index contributed by atoms with van der Waals surface area (Å²) in [5, 5.41) is 20.3. The number of hydrogen-bond acceptors (Lipinski definition) is 9. The molecule has 13 heteroatoms. The third kappa shape index (κ3) is 10.2. The molecule has 1 aromatic heterocycles. The van der Waals surface area contributed by atoms with Gasteiger partial charge in [0.05, 0.1) is 14.2 Å². The van der Waals surface area contributed by atoms with E-state index in [-0.39, 0.29) is 11.8 Å². The Morgan fingerprint density at radius 3 is 2.11 bits per heavy atom. The first-order chi connectivity index (χ1) is 16.5. The summed E-state index contributed by atoms with van der Waals surface area (Å²) in [6.07, 6.45) is 1.12. The number of hydrogen-bond donors (Lipinski definition) is 3. The Morgan fingerprint density at radius 2 is 1.60 bits per heavy atom. The van der Waals surface area contributed by atoms with Crippen molar-refractivity contribution in [3.8, 4) is 11.5 Å². The van der Waals surface area contributed by atoms with Crippen LogP contribution >= 0.6 is 11.3 Å². The topological polar surface area (TPSA) is 159 Å². The van der Waals surface area contributed by atoms with Crippen LogP contribution in [0.5, 0.6) is 11.5 Å². The van der Waals surface area contributed by atoms with Crippen LogP contribution < -0.4 is 14.8 Å². The van der Waals surface area contributed by atoms with Crippen LogP contribution in [0.3, 0.4) is 0 Å². The lowest BCUT2D eigenvalue weighted by molar-refractivity contribution is -0.134. The standard InChI is InChI=1S/C18H24N4O4S.C4H4O4/c1-21(2)8-9-22(3)17(24)13-11-27-18(19-13)20-16(23)12-6-7-14(25-4)15(10-12)26-5;5-3(6)1-2-4(7)8/h6-7,10-11H,8-9H2,1-5H3,(H,19,20,23);1-2H,(H,5,6)(H,7,8). The monoisotopic (exact) mass is 508 g/mol. The number of ether oxygens (including phenoxy) is 2. The van der Waals surface area contributed by atoms with Crippen molar-refractivity contribution < 1.29 is 38.9 Å². The second-order valence-electron chi connectivity index (χ2n) is 7.10. The molecular weight excluding hydrogens is 480 g/mol. The largest absolute Gasteiger partial charge is 0.493 e. The number of rotatable bonds is 10. The average molecular weight is 509 g/mol. The lowest BCUT2D eigenvalue weighted by atomic mass is 10.2. The van der Waals surface area contributed by atoms with Crippen molar-refractivity contribution in [2.75, 3.05) is 53.8 Å². The van der Waals surface area contributed by atoms with Crippen LogP contribution in [0.1, 0.15) is 20.8 Å². The maximum atomic E-state index is 12.4. The highest BCUT2D eigenvalue weighted by atomic mass is 32.1. The predicted octanol–water partition coefficient (Wildman–Crippen LogP) is 1.76. The lowest BCUT2D eigenvalue weighted by Gasteiger charge is -2.18. The van der Waals surface area contributed by atoms with Crippen molar-refractivity contribution in [3.63, 3.8) is 0 Å². The molecule has 0 saturated carbocycles. The lowest BCUT2D eigenvalue weighted by Crippen LogP contribution is -2.33. The maximum absolute atomic E-state index is 12.4. The summed E-state index contributed by atoms with van der Waals surface area (Å²) in [6.45, 7) is 1.35. The van der Waals surface area contributed by atoms with Crippen LogP contribution in [0.2, 0.25) is 0 Å².